The molecule has 5 nitrogen and oxygen atoms in total. The maximum Gasteiger partial charge on any atom is 0.217 e. The number of fused-ring (bicyclic) bond motifs is 1. The summed E-state index contributed by atoms with van der Waals surface area (Å²) in [4.78, 5) is 11.8. The third kappa shape index (κ3) is 3.32. The van der Waals surface area contributed by atoms with Crippen molar-refractivity contribution < 1.29 is 14.6 Å². The fourth-order valence-electron chi connectivity index (χ4n) is 4.70. The lowest BCUT2D eigenvalue weighted by Crippen LogP contribution is -2.64. The summed E-state index contributed by atoms with van der Waals surface area (Å²) in [5.74, 6) is 0.629. The summed E-state index contributed by atoms with van der Waals surface area (Å²) in [6.07, 6.45) is 5.31. The number of aliphatic hydroxyl groups excluding tert-OH is 1. The fraction of sp³-hybridized carbons (Fsp3) is 0.833. The van der Waals surface area contributed by atoms with Gasteiger partial charge in [-0.15, -0.1) is 0 Å². The van der Waals surface area contributed by atoms with Gasteiger partial charge >= 0.3 is 0 Å². The van der Waals surface area contributed by atoms with Gasteiger partial charge in [0.1, 0.15) is 6.10 Å². The van der Waals surface area contributed by atoms with Crippen molar-refractivity contribution >= 4 is 5.91 Å². The number of amides is 1. The number of nitrogens with one attached hydrogen (secondary N) is 2. The van der Waals surface area contributed by atoms with Gasteiger partial charge in [0.15, 0.2) is 0 Å². The Labute approximate surface area is 138 Å². The molecule has 0 aromatic heterocycles. The van der Waals surface area contributed by atoms with Gasteiger partial charge in [-0.2, -0.15) is 0 Å². The van der Waals surface area contributed by atoms with Crippen LogP contribution in [0.5, 0.6) is 0 Å². The van der Waals surface area contributed by atoms with Crippen LogP contribution in [-0.4, -0.2) is 48.0 Å². The molecule has 130 valence electrons. The summed E-state index contributed by atoms with van der Waals surface area (Å²) >= 11 is 0. The van der Waals surface area contributed by atoms with E-state index in [4.69, 9.17) is 4.74 Å². The van der Waals surface area contributed by atoms with Crippen LogP contribution in [-0.2, 0) is 9.53 Å². The van der Waals surface area contributed by atoms with Crippen molar-refractivity contribution in [1.29, 1.82) is 0 Å². The number of aliphatic hydroxyl groups is 1. The molecule has 0 aromatic carbocycles. The van der Waals surface area contributed by atoms with Crippen LogP contribution in [0.1, 0.15) is 46.5 Å². The first-order valence-corrected chi connectivity index (χ1v) is 8.90. The average Bonchev–Trinajstić information content (AvgIpc) is 2.51. The normalized spacial score (nSPS) is 41.8. The van der Waals surface area contributed by atoms with Crippen LogP contribution < -0.4 is 10.6 Å². The molecule has 0 aromatic rings. The van der Waals surface area contributed by atoms with Gasteiger partial charge in [-0.25, -0.2) is 0 Å². The Hall–Kier alpha value is -0.910. The van der Waals surface area contributed by atoms with Crippen molar-refractivity contribution in [3.05, 3.63) is 11.6 Å². The molecule has 3 rings (SSSR count). The largest absolute Gasteiger partial charge is 0.386 e. The lowest BCUT2D eigenvalue weighted by molar-refractivity contribution is -0.179. The minimum absolute atomic E-state index is 0.00187. The minimum Gasteiger partial charge on any atom is -0.386 e. The number of hydrogen-bond donors (Lipinski definition) is 3. The zero-order valence-electron chi connectivity index (χ0n) is 14.5. The zero-order chi connectivity index (χ0) is 16.6. The van der Waals surface area contributed by atoms with Crippen molar-refractivity contribution in [2.75, 3.05) is 13.1 Å². The molecule has 5 atom stereocenters. The summed E-state index contributed by atoms with van der Waals surface area (Å²) in [6, 6.07) is 0. The van der Waals surface area contributed by atoms with Gasteiger partial charge in [0, 0.05) is 18.4 Å². The molecular weight excluding hydrogens is 292 g/mol. The molecule has 1 aliphatic carbocycles. The molecule has 0 saturated carbocycles. The first kappa shape index (κ1) is 16.9. The van der Waals surface area contributed by atoms with Crippen LogP contribution in [0.3, 0.4) is 0 Å². The quantitative estimate of drug-likeness (QED) is 0.672. The predicted molar refractivity (Wildman–Crippen MR) is 89.0 cm³/mol. The van der Waals surface area contributed by atoms with E-state index in [0.29, 0.717) is 5.92 Å². The number of allylic oxidation sites excluding steroid dienone is 1. The van der Waals surface area contributed by atoms with Gasteiger partial charge in [0.25, 0.3) is 0 Å². The van der Waals surface area contributed by atoms with Crippen molar-refractivity contribution in [2.24, 2.45) is 11.8 Å². The highest BCUT2D eigenvalue weighted by Gasteiger charge is 2.51. The Balaban J connectivity index is 1.86. The minimum atomic E-state index is -0.564. The molecule has 3 aliphatic rings. The molecule has 2 heterocycles. The second-order valence-electron chi connectivity index (χ2n) is 7.76. The topological polar surface area (TPSA) is 70.6 Å². The Bertz CT molecular complexity index is 487. The SMILES string of the molecule is CC(=O)N[C@]1(C)C[C@@H](C2CCNCC2)O[C@H]2[C@H](O)C(C)=CC[C@H]21. The third-order valence-electron chi connectivity index (χ3n) is 6.01. The third-order valence-corrected chi connectivity index (χ3v) is 6.01. The van der Waals surface area contributed by atoms with Crippen LogP contribution >= 0.6 is 0 Å². The monoisotopic (exact) mass is 322 g/mol. The maximum absolute atomic E-state index is 11.8. The number of carbonyl (C=O) groups excluding carboxylic acids is 1. The molecule has 0 radical (unpaired) electrons. The smallest absolute Gasteiger partial charge is 0.217 e. The Morgan fingerprint density at radius 2 is 2.13 bits per heavy atom. The zero-order valence-corrected chi connectivity index (χ0v) is 14.5. The van der Waals surface area contributed by atoms with Gasteiger partial charge in [-0.05, 0) is 64.1 Å². The van der Waals surface area contributed by atoms with E-state index in [9.17, 15) is 9.90 Å². The van der Waals surface area contributed by atoms with Gasteiger partial charge in [-0.3, -0.25) is 4.79 Å². The molecule has 0 unspecified atom stereocenters. The number of rotatable bonds is 2. The summed E-state index contributed by atoms with van der Waals surface area (Å²) in [7, 11) is 0. The predicted octanol–water partition coefficient (Wildman–Crippen LogP) is 1.37. The molecule has 0 bridgehead atoms. The number of carbonyl (C=O) groups is 1. The van der Waals surface area contributed by atoms with Crippen LogP contribution in [0, 0.1) is 11.8 Å². The first-order chi connectivity index (χ1) is 10.9. The van der Waals surface area contributed by atoms with E-state index < -0.39 is 6.10 Å². The van der Waals surface area contributed by atoms with Crippen LogP contribution in [0.25, 0.3) is 0 Å². The molecule has 5 heteroatoms. The molecule has 2 saturated heterocycles. The lowest BCUT2D eigenvalue weighted by Gasteiger charge is -2.53. The summed E-state index contributed by atoms with van der Waals surface area (Å²) < 4.78 is 6.42. The average molecular weight is 322 g/mol. The van der Waals surface area contributed by atoms with Gasteiger partial charge in [0.2, 0.25) is 5.91 Å². The van der Waals surface area contributed by atoms with Crippen LogP contribution in [0.15, 0.2) is 11.6 Å². The standard InChI is InChI=1S/C18H30N2O3/c1-11-4-5-14-17(16(11)22)23-15(13-6-8-19-9-7-13)10-18(14,3)20-12(2)21/h4,13-17,19,22H,5-10H2,1-3H3,(H,20,21)/t14-,15+,16-,17-,18-/m1/s1. The van der Waals surface area contributed by atoms with Gasteiger partial charge in [0.05, 0.1) is 12.2 Å². The molecule has 23 heavy (non-hydrogen) atoms. The maximum atomic E-state index is 11.8. The van der Waals surface area contributed by atoms with E-state index in [1.54, 1.807) is 6.92 Å². The molecule has 1 amide bonds. The Kier molecular flexibility index (Phi) is 4.81. The highest BCUT2D eigenvalue weighted by atomic mass is 16.5. The lowest BCUT2D eigenvalue weighted by atomic mass is 9.67. The Morgan fingerprint density at radius 3 is 2.78 bits per heavy atom. The van der Waals surface area contributed by atoms with Crippen molar-refractivity contribution in [3.63, 3.8) is 0 Å². The van der Waals surface area contributed by atoms with Crippen molar-refractivity contribution in [3.8, 4) is 0 Å². The van der Waals surface area contributed by atoms with Gasteiger partial charge < -0.3 is 20.5 Å². The van der Waals surface area contributed by atoms with Crippen LogP contribution in [0.2, 0.25) is 0 Å². The van der Waals surface area contributed by atoms with Crippen molar-refractivity contribution in [2.45, 2.75) is 70.3 Å². The molecule has 2 fully saturated rings. The second kappa shape index (κ2) is 6.54. The highest BCUT2D eigenvalue weighted by molar-refractivity contribution is 5.73. The summed E-state index contributed by atoms with van der Waals surface area (Å²) in [5, 5.41) is 17.2. The molecular formula is C18H30N2O3. The van der Waals surface area contributed by atoms with Crippen LogP contribution in [0.4, 0.5) is 0 Å². The highest BCUT2D eigenvalue weighted by Crippen LogP contribution is 2.44. The van der Waals surface area contributed by atoms with E-state index in [2.05, 4.69) is 23.6 Å². The van der Waals surface area contributed by atoms with E-state index >= 15 is 0 Å². The van der Waals surface area contributed by atoms with Crippen molar-refractivity contribution in [1.82, 2.24) is 10.6 Å². The summed E-state index contributed by atoms with van der Waals surface area (Å²) in [5.41, 5.74) is 0.671. The molecule has 2 aliphatic heterocycles. The van der Waals surface area contributed by atoms with E-state index in [1.807, 2.05) is 6.92 Å². The Morgan fingerprint density at radius 1 is 1.43 bits per heavy atom. The number of piperidine rings is 1. The van der Waals surface area contributed by atoms with E-state index in [-0.39, 0.29) is 29.6 Å². The first-order valence-electron chi connectivity index (χ1n) is 8.90. The molecule has 3 N–H and O–H groups in total. The van der Waals surface area contributed by atoms with E-state index in [1.165, 1.54) is 0 Å². The van der Waals surface area contributed by atoms with Gasteiger partial charge in [-0.1, -0.05) is 6.08 Å². The van der Waals surface area contributed by atoms with E-state index in [0.717, 1.165) is 44.3 Å². The summed E-state index contributed by atoms with van der Waals surface area (Å²) in [6.45, 7) is 7.72. The second-order valence-corrected chi connectivity index (χ2v) is 7.76. The fourth-order valence-corrected chi connectivity index (χ4v) is 4.70. The number of ether oxygens (including phenoxy) is 1. The number of hydrogen-bond acceptors (Lipinski definition) is 4. The molecule has 0 spiro atoms.